The molecule has 0 bridgehead atoms. The van der Waals surface area contributed by atoms with Gasteiger partial charge in [-0.3, -0.25) is 14.7 Å². The summed E-state index contributed by atoms with van der Waals surface area (Å²) in [7, 11) is 15.3. The Bertz CT molecular complexity index is 1990. The van der Waals surface area contributed by atoms with Crippen molar-refractivity contribution in [2.45, 2.75) is 62.4 Å². The Balaban J connectivity index is 1.41. The third-order valence-corrected chi connectivity index (χ3v) is 10.5. The van der Waals surface area contributed by atoms with Crippen molar-refractivity contribution in [1.29, 1.82) is 0 Å². The lowest BCUT2D eigenvalue weighted by atomic mass is 9.53. The summed E-state index contributed by atoms with van der Waals surface area (Å²) in [6.07, 6.45) is 12.0. The molecule has 0 saturated carbocycles. The minimum atomic E-state index is -1.68. The second kappa shape index (κ2) is 11.9. The van der Waals surface area contributed by atoms with Crippen LogP contribution in [0.2, 0.25) is 0 Å². The molecule has 13 heteroatoms. The molecule has 2 aromatic heterocycles. The number of anilines is 1. The minimum absolute atomic E-state index is 0.0649. The van der Waals surface area contributed by atoms with Crippen LogP contribution < -0.4 is 9.64 Å². The number of phenolic OH excluding ortho intramolecular Hbond substituents is 1. The number of halogens is 2. The molecule has 9 nitrogen and oxygen atoms in total. The quantitative estimate of drug-likeness (QED) is 0.246. The van der Waals surface area contributed by atoms with Crippen molar-refractivity contribution < 1.29 is 23.4 Å². The Morgan fingerprint density at radius 2 is 1.92 bits per heavy atom. The van der Waals surface area contributed by atoms with Crippen LogP contribution in [-0.2, 0) is 4.79 Å². The molecule has 3 aliphatic rings. The van der Waals surface area contributed by atoms with Crippen LogP contribution in [0, 0.1) is 24.0 Å². The number of ether oxygens (including phenoxy) is 1. The van der Waals surface area contributed by atoms with Crippen molar-refractivity contribution >= 4 is 49.1 Å². The number of nitrogens with zero attached hydrogens (tertiary/aromatic N) is 6. The molecule has 5 heterocycles. The number of terminal acetylenes is 1. The van der Waals surface area contributed by atoms with Crippen molar-refractivity contribution in [1.82, 2.24) is 24.8 Å². The van der Waals surface area contributed by atoms with Gasteiger partial charge < -0.3 is 19.6 Å². The average Bonchev–Trinajstić information content (AvgIpc) is 3.67. The number of pyridine rings is 1. The van der Waals surface area contributed by atoms with Gasteiger partial charge in [0.05, 0.1) is 10.9 Å². The first kappa shape index (κ1) is 32.1. The lowest BCUT2D eigenvalue weighted by Gasteiger charge is -2.47. The van der Waals surface area contributed by atoms with Crippen LogP contribution in [-0.4, -0.2) is 102 Å². The van der Waals surface area contributed by atoms with E-state index >= 15 is 4.39 Å². The monoisotopic (exact) mass is 646 g/mol. The number of carbonyl (C=O) groups excluding carboxylic acids is 1. The summed E-state index contributed by atoms with van der Waals surface area (Å²) < 4.78 is 38.1. The number of aromatic hydroxyl groups is 1. The van der Waals surface area contributed by atoms with E-state index in [0.717, 1.165) is 51.6 Å². The van der Waals surface area contributed by atoms with E-state index in [9.17, 15) is 14.3 Å². The highest BCUT2D eigenvalue weighted by atomic mass is 19.1. The molecule has 4 aromatic rings. The molecule has 1 atom stereocenters. The summed E-state index contributed by atoms with van der Waals surface area (Å²) in [5, 5.41) is 9.82. The number of hydrogen-bond donors (Lipinski definition) is 1. The van der Waals surface area contributed by atoms with Gasteiger partial charge in [-0.05, 0) is 75.2 Å². The van der Waals surface area contributed by atoms with Crippen LogP contribution in [0.5, 0.6) is 11.8 Å². The molecule has 3 fully saturated rings. The second-order valence-electron chi connectivity index (χ2n) is 13.2. The van der Waals surface area contributed by atoms with Crippen molar-refractivity contribution in [3.05, 3.63) is 47.7 Å². The summed E-state index contributed by atoms with van der Waals surface area (Å²) in [6.45, 7) is 4.23. The summed E-state index contributed by atoms with van der Waals surface area (Å²) in [4.78, 5) is 31.9. The molecular formula is C35H34B2F2N6O3. The summed E-state index contributed by atoms with van der Waals surface area (Å²) in [5.74, 6) is 0.955. The number of benzene rings is 2. The van der Waals surface area contributed by atoms with Crippen molar-refractivity contribution in [3.63, 3.8) is 0 Å². The highest BCUT2D eigenvalue weighted by Crippen LogP contribution is 2.46. The van der Waals surface area contributed by atoms with E-state index in [2.05, 4.69) is 20.8 Å². The van der Waals surface area contributed by atoms with Crippen LogP contribution >= 0.6 is 0 Å². The molecule has 4 radical (unpaired) electrons. The van der Waals surface area contributed by atoms with Gasteiger partial charge in [0.25, 0.3) is 0 Å². The molecule has 1 amide bonds. The SMILES string of the molecule is [B]C([B])(Oc1nc(N2CCCC(N(C)C(C)=O)C2)c2cnc(-c3cc(O)cc4ccc(F)c(C#C)c34)c(F)c2n1)C12CCCN1CCC2. The maximum absolute atomic E-state index is 17.0. The first-order chi connectivity index (χ1) is 22.9. The van der Waals surface area contributed by atoms with Gasteiger partial charge in [-0.1, -0.05) is 12.0 Å². The Morgan fingerprint density at radius 1 is 1.17 bits per heavy atom. The van der Waals surface area contributed by atoms with Crippen LogP contribution in [0.4, 0.5) is 14.6 Å². The zero-order valence-corrected chi connectivity index (χ0v) is 27.0. The standard InChI is InChI=1S/C35H34B2F2N6O3/c1-4-24-27(38)10-9-21-16-23(47)17-25(28(21)24)30-29(39)31-26(18-40-30)32(44-13-5-8-22(19-44)43(3)20(2)46)42-33(41-31)48-35(36,37)34-11-6-14-45(34)15-7-12-34/h1,9-10,16-18,22,47H,5-8,11-15,19H2,2-3H3. The lowest BCUT2D eigenvalue weighted by molar-refractivity contribution is -0.129. The van der Waals surface area contributed by atoms with Gasteiger partial charge in [-0.15, -0.1) is 6.42 Å². The number of piperidine rings is 1. The fourth-order valence-electron chi connectivity index (χ4n) is 7.96. The highest BCUT2D eigenvalue weighted by Gasteiger charge is 2.54. The van der Waals surface area contributed by atoms with Gasteiger partial charge in [0.15, 0.2) is 5.82 Å². The zero-order valence-electron chi connectivity index (χ0n) is 27.0. The summed E-state index contributed by atoms with van der Waals surface area (Å²) in [5.41, 5.74) is -0.932. The van der Waals surface area contributed by atoms with Gasteiger partial charge in [-0.25, -0.2) is 8.78 Å². The lowest BCUT2D eigenvalue weighted by Crippen LogP contribution is -2.63. The average molecular weight is 646 g/mol. The van der Waals surface area contributed by atoms with Crippen LogP contribution in [0.3, 0.4) is 0 Å². The fraction of sp³-hybridized carbons (Fsp3) is 0.429. The smallest absolute Gasteiger partial charge is 0.318 e. The van der Waals surface area contributed by atoms with Gasteiger partial charge >= 0.3 is 6.01 Å². The number of likely N-dealkylation sites (N-methyl/N-ethyl adjacent to an activating group) is 1. The van der Waals surface area contributed by atoms with Crippen molar-refractivity contribution in [2.75, 3.05) is 38.1 Å². The van der Waals surface area contributed by atoms with Crippen LogP contribution in [0.1, 0.15) is 51.0 Å². The molecule has 1 N–H and O–H groups in total. The first-order valence-corrected chi connectivity index (χ1v) is 16.2. The normalized spacial score (nSPS) is 19.4. The number of carbonyl (C=O) groups is 1. The molecule has 3 saturated heterocycles. The number of fused-ring (bicyclic) bond motifs is 3. The number of phenols is 1. The van der Waals surface area contributed by atoms with Crippen molar-refractivity contribution in [2.24, 2.45) is 0 Å². The van der Waals surface area contributed by atoms with Crippen LogP contribution in [0.25, 0.3) is 32.9 Å². The minimum Gasteiger partial charge on any atom is -0.508 e. The number of aromatic nitrogens is 3. The second-order valence-corrected chi connectivity index (χ2v) is 13.2. The van der Waals surface area contributed by atoms with E-state index in [4.69, 9.17) is 31.8 Å². The van der Waals surface area contributed by atoms with Gasteiger partial charge in [0, 0.05) is 61.2 Å². The molecule has 7 rings (SSSR count). The number of amides is 1. The maximum Gasteiger partial charge on any atom is 0.318 e. The van der Waals surface area contributed by atoms with E-state index in [1.165, 1.54) is 37.4 Å². The zero-order chi connectivity index (χ0) is 34.0. The Morgan fingerprint density at radius 3 is 2.62 bits per heavy atom. The predicted molar refractivity (Wildman–Crippen MR) is 181 cm³/mol. The topological polar surface area (TPSA) is 94.9 Å². The molecule has 2 aromatic carbocycles. The molecule has 1 unspecified atom stereocenters. The molecule has 242 valence electrons. The van der Waals surface area contributed by atoms with Crippen molar-refractivity contribution in [3.8, 4) is 35.4 Å². The van der Waals surface area contributed by atoms with E-state index in [0.29, 0.717) is 29.7 Å². The molecule has 48 heavy (non-hydrogen) atoms. The van der Waals surface area contributed by atoms with Gasteiger partial charge in [-0.2, -0.15) is 9.97 Å². The van der Waals surface area contributed by atoms with E-state index in [1.807, 2.05) is 4.90 Å². The van der Waals surface area contributed by atoms with E-state index in [1.54, 1.807) is 11.9 Å². The van der Waals surface area contributed by atoms with Gasteiger partial charge in [0.1, 0.15) is 44.3 Å². The van der Waals surface area contributed by atoms with E-state index < -0.39 is 22.6 Å². The predicted octanol–water partition coefficient (Wildman–Crippen LogP) is 4.26. The summed E-state index contributed by atoms with van der Waals surface area (Å²) >= 11 is 0. The Labute approximate surface area is 280 Å². The molecular weight excluding hydrogens is 612 g/mol. The largest absolute Gasteiger partial charge is 0.508 e. The highest BCUT2D eigenvalue weighted by molar-refractivity contribution is 6.40. The van der Waals surface area contributed by atoms with E-state index in [-0.39, 0.29) is 51.4 Å². The van der Waals surface area contributed by atoms with Gasteiger partial charge in [0.2, 0.25) is 5.91 Å². The molecule has 0 aliphatic carbocycles. The molecule has 3 aliphatic heterocycles. The Kier molecular flexibility index (Phi) is 7.98. The third-order valence-electron chi connectivity index (χ3n) is 10.5. The number of hydrogen-bond acceptors (Lipinski definition) is 8. The molecule has 0 spiro atoms. The fourth-order valence-corrected chi connectivity index (χ4v) is 7.96. The summed E-state index contributed by atoms with van der Waals surface area (Å²) in [6, 6.07) is 5.07. The maximum atomic E-state index is 17.0. The third kappa shape index (κ3) is 5.12. The van der Waals surface area contributed by atoms with Crippen LogP contribution in [0.15, 0.2) is 30.5 Å². The number of rotatable bonds is 6. The first-order valence-electron chi connectivity index (χ1n) is 16.2. The Hall–Kier alpha value is -4.43.